The maximum absolute atomic E-state index is 13.6. The van der Waals surface area contributed by atoms with E-state index in [1.54, 1.807) is 6.07 Å². The first-order valence-corrected chi connectivity index (χ1v) is 11.7. The Morgan fingerprint density at radius 3 is 2.62 bits per heavy atom. The van der Waals surface area contributed by atoms with Crippen LogP contribution in [0.15, 0.2) is 36.7 Å². The van der Waals surface area contributed by atoms with Crippen molar-refractivity contribution in [3.05, 3.63) is 53.1 Å². The van der Waals surface area contributed by atoms with Crippen molar-refractivity contribution in [3.63, 3.8) is 0 Å². The van der Waals surface area contributed by atoms with Crippen molar-refractivity contribution in [1.29, 1.82) is 0 Å². The van der Waals surface area contributed by atoms with Crippen LogP contribution in [0.2, 0.25) is 5.02 Å². The van der Waals surface area contributed by atoms with Crippen LogP contribution in [-0.2, 0) is 0 Å². The minimum Gasteiger partial charge on any atom is -0.492 e. The Kier molecular flexibility index (Phi) is 7.22. The Morgan fingerprint density at radius 2 is 1.91 bits per heavy atom. The number of ether oxygens (including phenoxy) is 1. The highest BCUT2D eigenvalue weighted by Crippen LogP contribution is 2.31. The number of halogens is 2. The van der Waals surface area contributed by atoms with Gasteiger partial charge in [0.2, 0.25) is 0 Å². The van der Waals surface area contributed by atoms with Crippen LogP contribution in [0.5, 0.6) is 5.75 Å². The predicted octanol–water partition coefficient (Wildman–Crippen LogP) is 4.94. The molecule has 6 nitrogen and oxygen atoms in total. The number of fused-ring (bicyclic) bond motifs is 1. The number of piperazine rings is 1. The van der Waals surface area contributed by atoms with Gasteiger partial charge in [0.25, 0.3) is 0 Å². The van der Waals surface area contributed by atoms with E-state index < -0.39 is 5.82 Å². The molecule has 0 saturated carbocycles. The van der Waals surface area contributed by atoms with Gasteiger partial charge in [0.15, 0.2) is 0 Å². The first kappa shape index (κ1) is 24.2. The van der Waals surface area contributed by atoms with Crippen molar-refractivity contribution < 1.29 is 9.13 Å². The molecule has 3 aromatic rings. The van der Waals surface area contributed by atoms with E-state index in [4.69, 9.17) is 16.3 Å². The molecule has 1 aliphatic rings. The summed E-state index contributed by atoms with van der Waals surface area (Å²) in [4.78, 5) is 13.6. The molecular weight excluding hydrogens is 453 g/mol. The lowest BCUT2D eigenvalue weighted by Crippen LogP contribution is -2.53. The van der Waals surface area contributed by atoms with E-state index in [1.807, 2.05) is 19.1 Å². The van der Waals surface area contributed by atoms with Crippen molar-refractivity contribution in [1.82, 2.24) is 19.8 Å². The molecule has 1 fully saturated rings. The van der Waals surface area contributed by atoms with Gasteiger partial charge in [-0.2, -0.15) is 0 Å². The lowest BCUT2D eigenvalue weighted by atomic mass is 10.0. The van der Waals surface area contributed by atoms with E-state index >= 15 is 0 Å². The first-order valence-electron chi connectivity index (χ1n) is 11.4. The van der Waals surface area contributed by atoms with Gasteiger partial charge in [0.05, 0.1) is 28.2 Å². The summed E-state index contributed by atoms with van der Waals surface area (Å²) < 4.78 is 19.5. The second-order valence-electron chi connectivity index (χ2n) is 8.87. The van der Waals surface area contributed by atoms with Gasteiger partial charge in [-0.05, 0) is 52.1 Å². The molecule has 1 saturated heterocycles. The summed E-state index contributed by atoms with van der Waals surface area (Å²) in [6.07, 6.45) is 1.48. The summed E-state index contributed by atoms with van der Waals surface area (Å²) in [7, 11) is 2.15. The summed E-state index contributed by atoms with van der Waals surface area (Å²) >= 11 is 5.95. The minimum absolute atomic E-state index is 0.0414. The lowest BCUT2D eigenvalue weighted by Gasteiger charge is -2.40. The van der Waals surface area contributed by atoms with E-state index in [0.717, 1.165) is 42.6 Å². The molecule has 0 amide bonds. The number of likely N-dealkylation sites (N-methyl/N-ethyl adjacent to an activating group) is 1. The molecule has 1 aliphatic heterocycles. The number of hydrogen-bond donors (Lipinski definition) is 1. The van der Waals surface area contributed by atoms with Crippen LogP contribution in [0.3, 0.4) is 0 Å². The Labute approximate surface area is 205 Å². The maximum Gasteiger partial charge on any atom is 0.141 e. The quantitative estimate of drug-likeness (QED) is 0.521. The fourth-order valence-electron chi connectivity index (χ4n) is 3.93. The van der Waals surface area contributed by atoms with Gasteiger partial charge in [-0.3, -0.25) is 4.90 Å². The largest absolute Gasteiger partial charge is 0.492 e. The molecule has 2 aromatic carbocycles. The Bertz CT molecular complexity index is 1250. The van der Waals surface area contributed by atoms with Crippen molar-refractivity contribution in [3.8, 4) is 17.6 Å². The monoisotopic (exact) mass is 481 g/mol. The van der Waals surface area contributed by atoms with E-state index in [2.05, 4.69) is 57.8 Å². The molecule has 0 atom stereocenters. The maximum atomic E-state index is 13.6. The van der Waals surface area contributed by atoms with Crippen molar-refractivity contribution in [2.24, 2.45) is 0 Å². The normalized spacial score (nSPS) is 15.1. The predicted molar refractivity (Wildman–Crippen MR) is 135 cm³/mol. The zero-order valence-corrected chi connectivity index (χ0v) is 20.7. The molecule has 1 aromatic heterocycles. The van der Waals surface area contributed by atoms with Gasteiger partial charge < -0.3 is 15.0 Å². The molecule has 4 rings (SSSR count). The molecule has 1 N–H and O–H groups in total. The highest BCUT2D eigenvalue weighted by Gasteiger charge is 2.27. The summed E-state index contributed by atoms with van der Waals surface area (Å²) in [6.45, 7) is 10.8. The number of nitrogens with one attached hydrogen (secondary N) is 1. The third-order valence-corrected chi connectivity index (χ3v) is 6.31. The van der Waals surface area contributed by atoms with Crippen LogP contribution in [-0.4, -0.2) is 65.1 Å². The number of rotatable bonds is 5. The van der Waals surface area contributed by atoms with Crippen molar-refractivity contribution >= 4 is 34.0 Å². The summed E-state index contributed by atoms with van der Waals surface area (Å²) in [6, 6.07) is 8.29. The molecule has 34 heavy (non-hydrogen) atoms. The van der Waals surface area contributed by atoms with Gasteiger partial charge in [0.1, 0.15) is 23.7 Å². The molecule has 0 radical (unpaired) electrons. The second kappa shape index (κ2) is 10.1. The average Bonchev–Trinajstić information content (AvgIpc) is 2.81. The van der Waals surface area contributed by atoms with Crippen LogP contribution in [0.1, 0.15) is 26.3 Å². The molecule has 0 aliphatic carbocycles. The number of hydrogen-bond acceptors (Lipinski definition) is 6. The Morgan fingerprint density at radius 1 is 1.15 bits per heavy atom. The highest BCUT2D eigenvalue weighted by atomic mass is 35.5. The molecular formula is C26H29ClFN5O. The van der Waals surface area contributed by atoms with Gasteiger partial charge in [-0.15, -0.1) is 0 Å². The van der Waals surface area contributed by atoms with E-state index in [1.165, 1.54) is 18.5 Å². The van der Waals surface area contributed by atoms with Gasteiger partial charge >= 0.3 is 0 Å². The van der Waals surface area contributed by atoms with Crippen LogP contribution in [0.25, 0.3) is 10.9 Å². The molecule has 0 unspecified atom stereocenters. The van der Waals surface area contributed by atoms with Crippen molar-refractivity contribution in [2.45, 2.75) is 26.3 Å². The SMILES string of the molecule is CCOc1cc2ncnc(Nc3ccc(F)c(Cl)c3)c2cc1C#CC(C)(C)N1CCN(C)CC1. The fraction of sp³-hybridized carbons (Fsp3) is 0.385. The van der Waals surface area contributed by atoms with E-state index in [9.17, 15) is 4.39 Å². The van der Waals surface area contributed by atoms with Gasteiger partial charge in [-0.1, -0.05) is 23.4 Å². The van der Waals surface area contributed by atoms with E-state index in [-0.39, 0.29) is 10.6 Å². The molecule has 178 valence electrons. The number of anilines is 2. The zero-order valence-electron chi connectivity index (χ0n) is 20.0. The number of nitrogens with zero attached hydrogens (tertiary/aromatic N) is 4. The van der Waals surface area contributed by atoms with Gasteiger partial charge in [-0.25, -0.2) is 14.4 Å². The second-order valence-corrected chi connectivity index (χ2v) is 9.28. The van der Waals surface area contributed by atoms with Crippen LogP contribution in [0, 0.1) is 17.7 Å². The zero-order chi connectivity index (χ0) is 24.3. The van der Waals surface area contributed by atoms with Gasteiger partial charge in [0, 0.05) is 43.3 Å². The van der Waals surface area contributed by atoms with Crippen LogP contribution >= 0.6 is 11.6 Å². The molecule has 8 heteroatoms. The number of aromatic nitrogens is 2. The first-order chi connectivity index (χ1) is 16.3. The topological polar surface area (TPSA) is 53.5 Å². The standard InChI is InChI=1S/C26H29ClFN5O/c1-5-34-24-16-23-20(25(30-17-29-23)31-19-6-7-22(28)21(27)15-19)14-18(24)8-9-26(2,3)33-12-10-32(4)11-13-33/h6-7,14-17H,5,10-13H2,1-4H3,(H,29,30,31). The number of benzene rings is 2. The summed E-state index contributed by atoms with van der Waals surface area (Å²) in [5.74, 6) is 7.62. The summed E-state index contributed by atoms with van der Waals surface area (Å²) in [5, 5.41) is 4.04. The average molecular weight is 482 g/mol. The third kappa shape index (κ3) is 5.41. The van der Waals surface area contributed by atoms with Crippen LogP contribution in [0.4, 0.5) is 15.9 Å². The lowest BCUT2D eigenvalue weighted by molar-refractivity contribution is 0.0946. The molecule has 2 heterocycles. The minimum atomic E-state index is -0.471. The fourth-order valence-corrected chi connectivity index (χ4v) is 4.11. The smallest absolute Gasteiger partial charge is 0.141 e. The van der Waals surface area contributed by atoms with Crippen LogP contribution < -0.4 is 10.1 Å². The van der Waals surface area contributed by atoms with E-state index in [0.29, 0.717) is 23.9 Å². The highest BCUT2D eigenvalue weighted by molar-refractivity contribution is 6.31. The summed E-state index contributed by atoms with van der Waals surface area (Å²) in [5.41, 5.74) is 1.84. The molecule has 0 spiro atoms. The Hall–Kier alpha value is -2.92. The molecule has 0 bridgehead atoms. The Balaban J connectivity index is 1.71. The third-order valence-electron chi connectivity index (χ3n) is 6.02. The van der Waals surface area contributed by atoms with Crippen molar-refractivity contribution in [2.75, 3.05) is 45.2 Å².